The third kappa shape index (κ3) is 4.26. The molecule has 3 aromatic rings. The molecule has 0 atom stereocenters. The number of allylic oxidation sites excluding steroid dienone is 1. The number of benzene rings is 2. The van der Waals surface area contributed by atoms with Gasteiger partial charge in [0.15, 0.2) is 5.78 Å². The number of carbonyl (C=O) groups is 1. The monoisotopic (exact) mass is 412 g/mol. The van der Waals surface area contributed by atoms with Crippen molar-refractivity contribution in [2.45, 2.75) is 11.0 Å². The van der Waals surface area contributed by atoms with Gasteiger partial charge in [0.2, 0.25) is 0 Å². The van der Waals surface area contributed by atoms with Crippen LogP contribution in [0.2, 0.25) is 0 Å². The Kier molecular flexibility index (Phi) is 5.91. The number of ether oxygens (including phenoxy) is 1. The zero-order valence-corrected chi connectivity index (χ0v) is 17.5. The average Bonchev–Trinajstić information content (AvgIpc) is 3.24. The molecule has 4 rings (SSSR count). The molecular weight excluding hydrogens is 392 g/mol. The van der Waals surface area contributed by atoms with Crippen LogP contribution in [0.5, 0.6) is 5.75 Å². The lowest BCUT2D eigenvalue weighted by Crippen LogP contribution is -2.19. The van der Waals surface area contributed by atoms with Gasteiger partial charge < -0.3 is 4.74 Å². The van der Waals surface area contributed by atoms with Gasteiger partial charge in [-0.1, -0.05) is 24.3 Å². The molecule has 0 bridgehead atoms. The minimum atomic E-state index is -0.00322. The lowest BCUT2D eigenvalue weighted by atomic mass is 9.98. The topological polar surface area (TPSA) is 26.3 Å². The van der Waals surface area contributed by atoms with E-state index < -0.39 is 0 Å². The van der Waals surface area contributed by atoms with Crippen LogP contribution in [0, 0.1) is 0 Å². The highest BCUT2D eigenvalue weighted by Crippen LogP contribution is 2.36. The average molecular weight is 413 g/mol. The van der Waals surface area contributed by atoms with Crippen LogP contribution in [-0.2, 0) is 4.79 Å². The fourth-order valence-electron chi connectivity index (χ4n) is 3.10. The standard InChI is InChI=1S/C22H20O2S3/c1-24-18-8-7-15-12-17(6-5-16(15)13-18)20(14-19-4-2-9-25-19)21(23)22-26-10-3-11-27-22/h2,4-9,12-14,22H,3,10-11H2,1H3/b20-14+. The lowest BCUT2D eigenvalue weighted by molar-refractivity contribution is -0.112. The van der Waals surface area contributed by atoms with Crippen LogP contribution in [0.25, 0.3) is 22.4 Å². The molecule has 27 heavy (non-hydrogen) atoms. The van der Waals surface area contributed by atoms with Gasteiger partial charge in [0.25, 0.3) is 0 Å². The van der Waals surface area contributed by atoms with Crippen molar-refractivity contribution >= 4 is 63.1 Å². The molecule has 0 spiro atoms. The molecule has 0 N–H and O–H groups in total. The SMILES string of the molecule is COc1ccc2cc(/C(=C\c3cccs3)C(=O)C3SCCCS3)ccc2c1. The number of Topliss-reactive ketones (excluding diaryl/α,β-unsaturated/α-hetero) is 1. The lowest BCUT2D eigenvalue weighted by Gasteiger charge is -2.21. The van der Waals surface area contributed by atoms with E-state index >= 15 is 0 Å². The zero-order chi connectivity index (χ0) is 18.6. The molecule has 0 amide bonds. The van der Waals surface area contributed by atoms with Crippen molar-refractivity contribution in [2.24, 2.45) is 0 Å². The normalized spacial score (nSPS) is 15.8. The van der Waals surface area contributed by atoms with Gasteiger partial charge in [-0.3, -0.25) is 4.79 Å². The summed E-state index contributed by atoms with van der Waals surface area (Å²) in [5.74, 6) is 3.20. The number of carbonyl (C=O) groups excluding carboxylic acids is 1. The van der Waals surface area contributed by atoms with E-state index in [4.69, 9.17) is 4.74 Å². The third-order valence-corrected chi connectivity index (χ3v) is 8.21. The Bertz CT molecular complexity index is 970. The minimum absolute atomic E-state index is 0.00322. The van der Waals surface area contributed by atoms with E-state index in [2.05, 4.69) is 30.3 Å². The molecule has 0 radical (unpaired) electrons. The summed E-state index contributed by atoms with van der Waals surface area (Å²) in [5, 5.41) is 4.27. The number of hydrogen-bond acceptors (Lipinski definition) is 5. The van der Waals surface area contributed by atoms with Gasteiger partial charge >= 0.3 is 0 Å². The van der Waals surface area contributed by atoms with E-state index in [1.807, 2.05) is 29.7 Å². The van der Waals surface area contributed by atoms with Gasteiger partial charge in [0.1, 0.15) is 10.3 Å². The number of fused-ring (bicyclic) bond motifs is 1. The van der Waals surface area contributed by atoms with E-state index in [0.717, 1.165) is 44.0 Å². The Morgan fingerprint density at radius 2 is 1.85 bits per heavy atom. The molecule has 2 heterocycles. The second-order valence-corrected chi connectivity index (χ2v) is 10.00. The molecule has 1 aliphatic rings. The fourth-order valence-corrected chi connectivity index (χ4v) is 6.51. The molecule has 1 aliphatic heterocycles. The summed E-state index contributed by atoms with van der Waals surface area (Å²) in [5.41, 5.74) is 1.79. The number of methoxy groups -OCH3 is 1. The van der Waals surface area contributed by atoms with Gasteiger partial charge in [0.05, 0.1) is 7.11 Å². The van der Waals surface area contributed by atoms with Gasteiger partial charge in [-0.25, -0.2) is 0 Å². The van der Waals surface area contributed by atoms with Crippen LogP contribution in [0.3, 0.4) is 0 Å². The first kappa shape index (κ1) is 18.7. The van der Waals surface area contributed by atoms with Gasteiger partial charge in [-0.15, -0.1) is 34.9 Å². The van der Waals surface area contributed by atoms with Crippen LogP contribution >= 0.6 is 34.9 Å². The predicted octanol–water partition coefficient (Wildman–Crippen LogP) is 6.22. The first-order chi connectivity index (χ1) is 13.2. The van der Waals surface area contributed by atoms with Crippen LogP contribution in [0.15, 0.2) is 53.9 Å². The molecule has 1 saturated heterocycles. The quantitative estimate of drug-likeness (QED) is 0.465. The Morgan fingerprint density at radius 3 is 2.59 bits per heavy atom. The number of thioether (sulfide) groups is 2. The van der Waals surface area contributed by atoms with Crippen LogP contribution in [0.4, 0.5) is 0 Å². The Balaban J connectivity index is 1.75. The molecule has 2 nitrogen and oxygen atoms in total. The molecule has 2 aromatic carbocycles. The first-order valence-corrected chi connectivity index (χ1v) is 11.8. The predicted molar refractivity (Wildman–Crippen MR) is 121 cm³/mol. The summed E-state index contributed by atoms with van der Waals surface area (Å²) in [4.78, 5) is 14.4. The largest absolute Gasteiger partial charge is 0.497 e. The Labute approximate surface area is 172 Å². The van der Waals surface area contributed by atoms with Crippen molar-refractivity contribution in [2.75, 3.05) is 18.6 Å². The van der Waals surface area contributed by atoms with Gasteiger partial charge in [0, 0.05) is 10.5 Å². The van der Waals surface area contributed by atoms with Crippen LogP contribution < -0.4 is 4.74 Å². The first-order valence-electron chi connectivity index (χ1n) is 8.85. The van der Waals surface area contributed by atoms with E-state index in [1.54, 1.807) is 42.0 Å². The van der Waals surface area contributed by atoms with Crippen molar-refractivity contribution in [3.05, 3.63) is 64.4 Å². The summed E-state index contributed by atoms with van der Waals surface area (Å²) in [7, 11) is 1.68. The van der Waals surface area contributed by atoms with Crippen molar-refractivity contribution in [3.63, 3.8) is 0 Å². The highest BCUT2D eigenvalue weighted by atomic mass is 32.2. The van der Waals surface area contributed by atoms with Crippen molar-refractivity contribution in [1.82, 2.24) is 0 Å². The third-order valence-electron chi connectivity index (χ3n) is 4.49. The Morgan fingerprint density at radius 1 is 1.07 bits per heavy atom. The van der Waals surface area contributed by atoms with Crippen molar-refractivity contribution < 1.29 is 9.53 Å². The molecular formula is C22H20O2S3. The molecule has 0 aliphatic carbocycles. The highest BCUT2D eigenvalue weighted by Gasteiger charge is 2.26. The summed E-state index contributed by atoms with van der Waals surface area (Å²) in [6.07, 6.45) is 3.23. The molecule has 0 saturated carbocycles. The maximum Gasteiger partial charge on any atom is 0.186 e. The zero-order valence-electron chi connectivity index (χ0n) is 15.0. The number of hydrogen-bond donors (Lipinski definition) is 0. The number of thiophene rings is 1. The second kappa shape index (κ2) is 8.55. The summed E-state index contributed by atoms with van der Waals surface area (Å²) in [6, 6.07) is 16.4. The summed E-state index contributed by atoms with van der Waals surface area (Å²) in [6.45, 7) is 0. The highest BCUT2D eigenvalue weighted by molar-refractivity contribution is 8.18. The smallest absolute Gasteiger partial charge is 0.186 e. The van der Waals surface area contributed by atoms with E-state index in [-0.39, 0.29) is 10.4 Å². The van der Waals surface area contributed by atoms with Gasteiger partial charge in [-0.05, 0) is 70.0 Å². The molecule has 1 fully saturated rings. The summed E-state index contributed by atoms with van der Waals surface area (Å²) >= 11 is 5.21. The van der Waals surface area contributed by atoms with Crippen molar-refractivity contribution in [1.29, 1.82) is 0 Å². The van der Waals surface area contributed by atoms with Crippen LogP contribution in [0.1, 0.15) is 16.9 Å². The maximum atomic E-state index is 13.3. The van der Waals surface area contributed by atoms with E-state index in [0.29, 0.717) is 0 Å². The molecule has 0 unspecified atom stereocenters. The fraction of sp³-hybridized carbons (Fsp3) is 0.227. The molecule has 138 valence electrons. The van der Waals surface area contributed by atoms with E-state index in [9.17, 15) is 4.79 Å². The maximum absolute atomic E-state index is 13.3. The second-order valence-electron chi connectivity index (χ2n) is 6.29. The Hall–Kier alpha value is -1.69. The number of rotatable bonds is 5. The van der Waals surface area contributed by atoms with E-state index in [1.165, 1.54) is 6.42 Å². The summed E-state index contributed by atoms with van der Waals surface area (Å²) < 4.78 is 5.31. The minimum Gasteiger partial charge on any atom is -0.497 e. The number of ketones is 1. The molecule has 1 aromatic heterocycles. The van der Waals surface area contributed by atoms with Crippen LogP contribution in [-0.4, -0.2) is 29.0 Å². The van der Waals surface area contributed by atoms with Crippen molar-refractivity contribution in [3.8, 4) is 5.75 Å². The van der Waals surface area contributed by atoms with Gasteiger partial charge in [-0.2, -0.15) is 0 Å². The molecule has 5 heteroatoms.